The maximum absolute atomic E-state index is 8.44. The largest absolute Gasteiger partial charge is 0.396 e. The molecule has 0 rings (SSSR count). The minimum atomic E-state index is 0.263. The highest BCUT2D eigenvalue weighted by Gasteiger charge is 1.80. The van der Waals surface area contributed by atoms with Gasteiger partial charge in [0, 0.05) is 6.61 Å². The van der Waals surface area contributed by atoms with E-state index in [-0.39, 0.29) is 6.61 Å². The molecular formula is C9H19NO. The van der Waals surface area contributed by atoms with E-state index in [4.69, 9.17) is 5.11 Å². The summed E-state index contributed by atoms with van der Waals surface area (Å²) in [5.74, 6) is 0. The van der Waals surface area contributed by atoms with Crippen molar-refractivity contribution in [3.63, 3.8) is 0 Å². The molecule has 0 aliphatic rings. The molecule has 0 aliphatic heterocycles. The normalized spacial score (nSPS) is 11.1. The van der Waals surface area contributed by atoms with Gasteiger partial charge in [-0.25, -0.2) is 0 Å². The van der Waals surface area contributed by atoms with E-state index in [1.165, 1.54) is 6.42 Å². The second-order valence-corrected chi connectivity index (χ2v) is 2.52. The lowest BCUT2D eigenvalue weighted by Crippen LogP contribution is -2.14. The molecule has 0 atom stereocenters. The van der Waals surface area contributed by atoms with Crippen LogP contribution in [-0.2, 0) is 0 Å². The van der Waals surface area contributed by atoms with Crippen molar-refractivity contribution >= 4 is 0 Å². The second kappa shape index (κ2) is 9.66. The molecule has 0 fully saturated rings. The molecule has 66 valence electrons. The van der Waals surface area contributed by atoms with Gasteiger partial charge in [-0.3, -0.25) is 0 Å². The van der Waals surface area contributed by atoms with Crippen LogP contribution in [0.15, 0.2) is 12.2 Å². The van der Waals surface area contributed by atoms with E-state index in [1.54, 1.807) is 0 Å². The Kier molecular flexibility index (Phi) is 9.36. The molecule has 0 unspecified atom stereocenters. The van der Waals surface area contributed by atoms with Gasteiger partial charge < -0.3 is 10.4 Å². The van der Waals surface area contributed by atoms with Gasteiger partial charge in [0.15, 0.2) is 0 Å². The first-order valence-electron chi connectivity index (χ1n) is 4.38. The molecule has 0 aromatic heterocycles. The molecule has 0 bridgehead atoms. The van der Waals surface area contributed by atoms with Gasteiger partial charge >= 0.3 is 0 Å². The van der Waals surface area contributed by atoms with Gasteiger partial charge in [-0.2, -0.15) is 0 Å². The lowest BCUT2D eigenvalue weighted by atomic mass is 10.3. The first-order valence-corrected chi connectivity index (χ1v) is 4.38. The van der Waals surface area contributed by atoms with E-state index < -0.39 is 0 Å². The fourth-order valence-corrected chi connectivity index (χ4v) is 0.797. The molecule has 0 aromatic carbocycles. The minimum absolute atomic E-state index is 0.263. The molecule has 2 nitrogen and oxygen atoms in total. The molecule has 0 aromatic rings. The molecule has 0 saturated carbocycles. The highest BCUT2D eigenvalue weighted by atomic mass is 16.2. The number of aliphatic hydroxyl groups excluding tert-OH is 1. The summed E-state index contributed by atoms with van der Waals surface area (Å²) < 4.78 is 0. The van der Waals surface area contributed by atoms with Crippen molar-refractivity contribution in [1.29, 1.82) is 0 Å². The number of hydrogen-bond acceptors (Lipinski definition) is 2. The molecule has 0 amide bonds. The highest BCUT2D eigenvalue weighted by Crippen LogP contribution is 1.84. The molecule has 2 heteroatoms. The SMILES string of the molecule is CCCNCC/C=C/CCO. The Morgan fingerprint density at radius 1 is 1.18 bits per heavy atom. The number of nitrogens with one attached hydrogen (secondary N) is 1. The second-order valence-electron chi connectivity index (χ2n) is 2.52. The number of hydrogen-bond donors (Lipinski definition) is 2. The van der Waals surface area contributed by atoms with Crippen LogP contribution < -0.4 is 5.32 Å². The Labute approximate surface area is 69.3 Å². The van der Waals surface area contributed by atoms with Crippen LogP contribution >= 0.6 is 0 Å². The van der Waals surface area contributed by atoms with E-state index in [0.29, 0.717) is 0 Å². The zero-order valence-electron chi connectivity index (χ0n) is 7.34. The highest BCUT2D eigenvalue weighted by molar-refractivity contribution is 4.81. The van der Waals surface area contributed by atoms with E-state index in [2.05, 4.69) is 18.3 Å². The summed E-state index contributed by atoms with van der Waals surface area (Å²) in [6.07, 6.45) is 7.18. The minimum Gasteiger partial charge on any atom is -0.396 e. The monoisotopic (exact) mass is 157 g/mol. The van der Waals surface area contributed by atoms with Gasteiger partial charge in [0.25, 0.3) is 0 Å². The average molecular weight is 157 g/mol. The van der Waals surface area contributed by atoms with Crippen LogP contribution in [0.5, 0.6) is 0 Å². The summed E-state index contributed by atoms with van der Waals surface area (Å²) in [7, 11) is 0. The first-order chi connectivity index (χ1) is 5.41. The Bertz CT molecular complexity index is 91.6. The third kappa shape index (κ3) is 9.66. The van der Waals surface area contributed by atoms with Crippen LogP contribution in [0.25, 0.3) is 0 Å². The molecule has 0 aliphatic carbocycles. The van der Waals surface area contributed by atoms with Gasteiger partial charge in [0.2, 0.25) is 0 Å². The van der Waals surface area contributed by atoms with Gasteiger partial charge in [-0.05, 0) is 32.4 Å². The Morgan fingerprint density at radius 3 is 2.55 bits per heavy atom. The topological polar surface area (TPSA) is 32.3 Å². The van der Waals surface area contributed by atoms with Crippen molar-refractivity contribution in [2.75, 3.05) is 19.7 Å². The molecule has 0 radical (unpaired) electrons. The van der Waals surface area contributed by atoms with Crippen molar-refractivity contribution in [1.82, 2.24) is 5.32 Å². The molecule has 11 heavy (non-hydrogen) atoms. The van der Waals surface area contributed by atoms with Crippen molar-refractivity contribution in [2.45, 2.75) is 26.2 Å². The lowest BCUT2D eigenvalue weighted by molar-refractivity contribution is 0.302. The Hall–Kier alpha value is -0.340. The Morgan fingerprint density at radius 2 is 1.91 bits per heavy atom. The van der Waals surface area contributed by atoms with E-state index in [0.717, 1.165) is 25.9 Å². The predicted molar refractivity (Wildman–Crippen MR) is 48.6 cm³/mol. The van der Waals surface area contributed by atoms with Gasteiger partial charge in [0.1, 0.15) is 0 Å². The van der Waals surface area contributed by atoms with Gasteiger partial charge in [-0.15, -0.1) is 0 Å². The third-order valence-electron chi connectivity index (χ3n) is 1.38. The Balaban J connectivity index is 2.89. The number of rotatable bonds is 7. The van der Waals surface area contributed by atoms with Crippen molar-refractivity contribution < 1.29 is 5.11 Å². The zero-order chi connectivity index (χ0) is 8.36. The van der Waals surface area contributed by atoms with Crippen LogP contribution in [0.4, 0.5) is 0 Å². The quantitative estimate of drug-likeness (QED) is 0.431. The molecular weight excluding hydrogens is 138 g/mol. The van der Waals surface area contributed by atoms with Crippen LogP contribution in [0.2, 0.25) is 0 Å². The maximum Gasteiger partial charge on any atom is 0.0465 e. The fraction of sp³-hybridized carbons (Fsp3) is 0.778. The van der Waals surface area contributed by atoms with Crippen LogP contribution in [-0.4, -0.2) is 24.8 Å². The summed E-state index contributed by atoms with van der Waals surface area (Å²) in [4.78, 5) is 0. The van der Waals surface area contributed by atoms with Crippen LogP contribution in [0.3, 0.4) is 0 Å². The number of aliphatic hydroxyl groups is 1. The smallest absolute Gasteiger partial charge is 0.0465 e. The summed E-state index contributed by atoms with van der Waals surface area (Å²) in [6, 6.07) is 0. The van der Waals surface area contributed by atoms with Crippen molar-refractivity contribution in [3.05, 3.63) is 12.2 Å². The van der Waals surface area contributed by atoms with Crippen molar-refractivity contribution in [3.8, 4) is 0 Å². The summed E-state index contributed by atoms with van der Waals surface area (Å²) in [5.41, 5.74) is 0. The fourth-order valence-electron chi connectivity index (χ4n) is 0.797. The molecule has 0 spiro atoms. The van der Waals surface area contributed by atoms with E-state index in [9.17, 15) is 0 Å². The van der Waals surface area contributed by atoms with Crippen LogP contribution in [0.1, 0.15) is 26.2 Å². The first kappa shape index (κ1) is 10.7. The molecule has 0 saturated heterocycles. The van der Waals surface area contributed by atoms with Crippen molar-refractivity contribution in [2.24, 2.45) is 0 Å². The molecule has 0 heterocycles. The van der Waals surface area contributed by atoms with Gasteiger partial charge in [-0.1, -0.05) is 19.1 Å². The summed E-state index contributed by atoms with van der Waals surface area (Å²) >= 11 is 0. The summed E-state index contributed by atoms with van der Waals surface area (Å²) in [6.45, 7) is 4.58. The lowest BCUT2D eigenvalue weighted by Gasteiger charge is -1.97. The van der Waals surface area contributed by atoms with E-state index >= 15 is 0 Å². The average Bonchev–Trinajstić information content (AvgIpc) is 2.03. The third-order valence-corrected chi connectivity index (χ3v) is 1.38. The standard InChI is InChI=1S/C9H19NO/c1-2-7-10-8-5-3-4-6-9-11/h3-4,10-11H,2,5-9H2,1H3/b4-3+. The van der Waals surface area contributed by atoms with Crippen LogP contribution in [0, 0.1) is 0 Å². The maximum atomic E-state index is 8.44. The predicted octanol–water partition coefficient (Wildman–Crippen LogP) is 1.31. The van der Waals surface area contributed by atoms with E-state index in [1.807, 2.05) is 6.08 Å². The zero-order valence-corrected chi connectivity index (χ0v) is 7.34. The summed E-state index contributed by atoms with van der Waals surface area (Å²) in [5, 5.41) is 11.7. The molecule has 2 N–H and O–H groups in total. The van der Waals surface area contributed by atoms with Gasteiger partial charge in [0.05, 0.1) is 0 Å².